The number of benzene rings is 1. The predicted molar refractivity (Wildman–Crippen MR) is 84.8 cm³/mol. The van der Waals surface area contributed by atoms with Gasteiger partial charge in [-0.05, 0) is 43.2 Å². The SMILES string of the molecule is CCC1(C)NC(c2ccccc2C)N(C2CC2(C)C)C1=O. The molecule has 2 aliphatic rings. The molecule has 3 atom stereocenters. The van der Waals surface area contributed by atoms with Crippen LogP contribution in [-0.2, 0) is 4.79 Å². The second-order valence-corrected chi connectivity index (χ2v) is 7.51. The highest BCUT2D eigenvalue weighted by atomic mass is 16.2. The summed E-state index contributed by atoms with van der Waals surface area (Å²) in [7, 11) is 0. The average Bonchev–Trinajstić information content (AvgIpc) is 2.97. The third-order valence-corrected chi connectivity index (χ3v) is 5.43. The Bertz CT molecular complexity index is 580. The second kappa shape index (κ2) is 4.57. The highest BCUT2D eigenvalue weighted by Gasteiger charge is 2.59. The molecule has 0 bridgehead atoms. The topological polar surface area (TPSA) is 32.3 Å². The normalized spacial score (nSPS) is 34.3. The largest absolute Gasteiger partial charge is 0.318 e. The van der Waals surface area contributed by atoms with Crippen LogP contribution in [0.4, 0.5) is 0 Å². The number of hydrogen-bond acceptors (Lipinski definition) is 2. The first-order valence-electron chi connectivity index (χ1n) is 7.96. The maximum atomic E-state index is 13.0. The molecule has 3 heteroatoms. The lowest BCUT2D eigenvalue weighted by molar-refractivity contribution is -0.134. The van der Waals surface area contributed by atoms with E-state index in [0.717, 1.165) is 12.8 Å². The van der Waals surface area contributed by atoms with Crippen LogP contribution >= 0.6 is 0 Å². The van der Waals surface area contributed by atoms with E-state index < -0.39 is 5.54 Å². The summed E-state index contributed by atoms with van der Waals surface area (Å²) in [5.41, 5.74) is 2.28. The maximum absolute atomic E-state index is 13.0. The van der Waals surface area contributed by atoms with Crippen molar-refractivity contribution in [2.24, 2.45) is 5.41 Å². The van der Waals surface area contributed by atoms with Gasteiger partial charge >= 0.3 is 0 Å². The number of hydrogen-bond donors (Lipinski definition) is 1. The Hall–Kier alpha value is -1.35. The minimum Gasteiger partial charge on any atom is -0.318 e. The molecular formula is C18H26N2O. The summed E-state index contributed by atoms with van der Waals surface area (Å²) in [6.45, 7) is 10.7. The van der Waals surface area contributed by atoms with Gasteiger partial charge in [0, 0.05) is 6.04 Å². The van der Waals surface area contributed by atoms with Gasteiger partial charge in [-0.25, -0.2) is 0 Å². The zero-order valence-electron chi connectivity index (χ0n) is 13.7. The van der Waals surface area contributed by atoms with Crippen molar-refractivity contribution in [3.05, 3.63) is 35.4 Å². The predicted octanol–water partition coefficient (Wildman–Crippen LogP) is 3.39. The molecule has 0 radical (unpaired) electrons. The minimum atomic E-state index is -0.439. The van der Waals surface area contributed by atoms with Crippen molar-refractivity contribution >= 4 is 5.91 Å². The first-order chi connectivity index (χ1) is 9.80. The van der Waals surface area contributed by atoms with Crippen LogP contribution in [-0.4, -0.2) is 22.4 Å². The number of nitrogens with zero attached hydrogens (tertiary/aromatic N) is 1. The van der Waals surface area contributed by atoms with Gasteiger partial charge in [-0.1, -0.05) is 45.0 Å². The van der Waals surface area contributed by atoms with Crippen LogP contribution in [0.5, 0.6) is 0 Å². The Morgan fingerprint density at radius 1 is 1.29 bits per heavy atom. The average molecular weight is 286 g/mol. The van der Waals surface area contributed by atoms with Gasteiger partial charge in [0.2, 0.25) is 5.91 Å². The molecule has 1 heterocycles. The number of aryl methyl sites for hydroxylation is 1. The van der Waals surface area contributed by atoms with Crippen LogP contribution in [0.1, 0.15) is 57.8 Å². The van der Waals surface area contributed by atoms with Crippen molar-refractivity contribution in [3.63, 3.8) is 0 Å². The Kier molecular flexibility index (Phi) is 3.17. The standard InChI is InChI=1S/C18H26N2O/c1-6-18(5)16(21)20(14-11-17(14,3)4)15(19-18)13-10-8-7-9-12(13)2/h7-10,14-15,19H,6,11H2,1-5H3. The number of rotatable bonds is 3. The van der Waals surface area contributed by atoms with Gasteiger partial charge in [0.1, 0.15) is 6.17 Å². The summed E-state index contributed by atoms with van der Waals surface area (Å²) < 4.78 is 0. The molecule has 21 heavy (non-hydrogen) atoms. The number of carbonyl (C=O) groups excluding carboxylic acids is 1. The lowest BCUT2D eigenvalue weighted by Crippen LogP contribution is -2.43. The Labute approximate surface area is 127 Å². The lowest BCUT2D eigenvalue weighted by atomic mass is 9.99. The molecule has 1 aromatic rings. The van der Waals surface area contributed by atoms with Gasteiger partial charge in [0.25, 0.3) is 0 Å². The van der Waals surface area contributed by atoms with Gasteiger partial charge in [-0.3, -0.25) is 10.1 Å². The van der Waals surface area contributed by atoms with E-state index in [1.54, 1.807) is 0 Å². The van der Waals surface area contributed by atoms with Gasteiger partial charge in [0.15, 0.2) is 0 Å². The van der Waals surface area contributed by atoms with Crippen LogP contribution in [0.3, 0.4) is 0 Å². The molecule has 1 saturated carbocycles. The first kappa shape index (κ1) is 14.6. The Morgan fingerprint density at radius 3 is 2.43 bits per heavy atom. The zero-order chi connectivity index (χ0) is 15.4. The van der Waals surface area contributed by atoms with Crippen molar-refractivity contribution in [2.75, 3.05) is 0 Å². The van der Waals surface area contributed by atoms with E-state index >= 15 is 0 Å². The monoisotopic (exact) mass is 286 g/mol. The van der Waals surface area contributed by atoms with E-state index in [1.807, 2.05) is 6.92 Å². The molecule has 3 rings (SSSR count). The van der Waals surface area contributed by atoms with E-state index in [2.05, 4.69) is 62.2 Å². The minimum absolute atomic E-state index is 0.00965. The van der Waals surface area contributed by atoms with Crippen LogP contribution in [0.15, 0.2) is 24.3 Å². The van der Waals surface area contributed by atoms with Crippen molar-refractivity contribution in [1.82, 2.24) is 10.2 Å². The summed E-state index contributed by atoms with van der Waals surface area (Å²) in [6, 6.07) is 8.74. The lowest BCUT2D eigenvalue weighted by Gasteiger charge is -2.27. The molecule has 0 aromatic heterocycles. The fourth-order valence-corrected chi connectivity index (χ4v) is 3.45. The molecule has 2 fully saturated rings. The molecule has 3 unspecified atom stereocenters. The molecule has 1 aliphatic heterocycles. The maximum Gasteiger partial charge on any atom is 0.244 e. The number of nitrogens with one attached hydrogen (secondary N) is 1. The Morgan fingerprint density at radius 2 is 1.90 bits per heavy atom. The fraction of sp³-hybridized carbons (Fsp3) is 0.611. The molecule has 3 nitrogen and oxygen atoms in total. The second-order valence-electron chi connectivity index (χ2n) is 7.51. The summed E-state index contributed by atoms with van der Waals surface area (Å²) in [6.07, 6.45) is 1.93. The fourth-order valence-electron chi connectivity index (χ4n) is 3.45. The summed E-state index contributed by atoms with van der Waals surface area (Å²) in [5.74, 6) is 0.258. The first-order valence-corrected chi connectivity index (χ1v) is 7.96. The van der Waals surface area contributed by atoms with Gasteiger partial charge in [-0.15, -0.1) is 0 Å². The van der Waals surface area contributed by atoms with Crippen molar-refractivity contribution in [3.8, 4) is 0 Å². The van der Waals surface area contributed by atoms with Gasteiger partial charge < -0.3 is 4.90 Å². The number of amides is 1. The summed E-state index contributed by atoms with van der Waals surface area (Å²) >= 11 is 0. The van der Waals surface area contributed by atoms with Gasteiger partial charge in [-0.2, -0.15) is 0 Å². The van der Waals surface area contributed by atoms with Crippen LogP contribution in [0, 0.1) is 12.3 Å². The van der Waals surface area contributed by atoms with Crippen molar-refractivity contribution in [1.29, 1.82) is 0 Å². The summed E-state index contributed by atoms with van der Waals surface area (Å²) in [5, 5.41) is 3.61. The summed E-state index contributed by atoms with van der Waals surface area (Å²) in [4.78, 5) is 15.1. The van der Waals surface area contributed by atoms with E-state index in [4.69, 9.17) is 0 Å². The highest BCUT2D eigenvalue weighted by Crippen LogP contribution is 2.53. The van der Waals surface area contributed by atoms with Crippen LogP contribution in [0.2, 0.25) is 0 Å². The van der Waals surface area contributed by atoms with E-state index in [1.165, 1.54) is 11.1 Å². The van der Waals surface area contributed by atoms with Crippen LogP contribution in [0.25, 0.3) is 0 Å². The smallest absolute Gasteiger partial charge is 0.244 e. The zero-order valence-corrected chi connectivity index (χ0v) is 13.7. The van der Waals surface area contributed by atoms with E-state index in [0.29, 0.717) is 6.04 Å². The third kappa shape index (κ3) is 2.18. The molecule has 114 valence electrons. The quantitative estimate of drug-likeness (QED) is 0.923. The van der Waals surface area contributed by atoms with Crippen molar-refractivity contribution < 1.29 is 4.79 Å². The molecule has 1 N–H and O–H groups in total. The van der Waals surface area contributed by atoms with Crippen molar-refractivity contribution in [2.45, 2.75) is 65.2 Å². The molecule has 1 aromatic carbocycles. The highest BCUT2D eigenvalue weighted by molar-refractivity contribution is 5.89. The Balaban J connectivity index is 2.01. The third-order valence-electron chi connectivity index (χ3n) is 5.43. The van der Waals surface area contributed by atoms with E-state index in [-0.39, 0.29) is 17.5 Å². The molecule has 0 spiro atoms. The van der Waals surface area contributed by atoms with Gasteiger partial charge in [0.05, 0.1) is 5.54 Å². The van der Waals surface area contributed by atoms with Crippen LogP contribution < -0.4 is 5.32 Å². The molecule has 1 amide bonds. The molecule has 1 aliphatic carbocycles. The molecule has 1 saturated heterocycles. The van der Waals surface area contributed by atoms with E-state index in [9.17, 15) is 4.79 Å². The number of carbonyl (C=O) groups is 1. The molecular weight excluding hydrogens is 260 g/mol.